The van der Waals surface area contributed by atoms with Gasteiger partial charge in [0.1, 0.15) is 0 Å². The number of hydrogen-bond donors (Lipinski definition) is 1. The zero-order valence-corrected chi connectivity index (χ0v) is 15.9. The second kappa shape index (κ2) is 8.36. The van der Waals surface area contributed by atoms with Crippen LogP contribution >= 0.6 is 0 Å². The first-order valence-corrected chi connectivity index (χ1v) is 9.38. The summed E-state index contributed by atoms with van der Waals surface area (Å²) < 4.78 is 7.71. The lowest BCUT2D eigenvalue weighted by Gasteiger charge is -2.32. The highest BCUT2D eigenvalue weighted by Gasteiger charge is 2.24. The van der Waals surface area contributed by atoms with E-state index in [2.05, 4.69) is 17.3 Å². The maximum atomic E-state index is 12.5. The summed E-state index contributed by atoms with van der Waals surface area (Å²) in [5.41, 5.74) is 3.85. The number of likely N-dealkylation sites (tertiary alicyclic amines) is 1. The van der Waals surface area contributed by atoms with Crippen LogP contribution in [0.5, 0.6) is 0 Å². The molecule has 0 radical (unpaired) electrons. The van der Waals surface area contributed by atoms with Crippen molar-refractivity contribution < 1.29 is 9.53 Å². The number of anilines is 1. The Bertz CT molecular complexity index is 739. The van der Waals surface area contributed by atoms with E-state index in [0.717, 1.165) is 55.2 Å². The third kappa shape index (κ3) is 4.43. The highest BCUT2D eigenvalue weighted by molar-refractivity contribution is 5.89. The highest BCUT2D eigenvalue weighted by Crippen LogP contribution is 2.18. The van der Waals surface area contributed by atoms with Gasteiger partial charge in [0.25, 0.3) is 0 Å². The van der Waals surface area contributed by atoms with E-state index in [0.29, 0.717) is 6.54 Å². The first-order chi connectivity index (χ1) is 12.6. The van der Waals surface area contributed by atoms with Crippen LogP contribution in [0.4, 0.5) is 10.5 Å². The molecule has 0 bridgehead atoms. The van der Waals surface area contributed by atoms with E-state index in [1.54, 1.807) is 0 Å². The lowest BCUT2D eigenvalue weighted by Crippen LogP contribution is -2.45. The van der Waals surface area contributed by atoms with Crippen molar-refractivity contribution in [3.8, 4) is 5.69 Å². The van der Waals surface area contributed by atoms with Crippen LogP contribution in [0.1, 0.15) is 37.6 Å². The van der Waals surface area contributed by atoms with E-state index in [1.165, 1.54) is 0 Å². The molecule has 2 heterocycles. The summed E-state index contributed by atoms with van der Waals surface area (Å²) in [6.07, 6.45) is 3.17. The number of aromatic nitrogens is 2. The molecule has 1 atom stereocenters. The van der Waals surface area contributed by atoms with Crippen molar-refractivity contribution in [2.75, 3.05) is 25.0 Å². The largest absolute Gasteiger partial charge is 0.376 e. The van der Waals surface area contributed by atoms with E-state index in [9.17, 15) is 4.79 Å². The minimum Gasteiger partial charge on any atom is -0.376 e. The number of nitrogens with zero attached hydrogens (tertiary/aromatic N) is 3. The predicted molar refractivity (Wildman–Crippen MR) is 103 cm³/mol. The number of nitrogens with one attached hydrogen (secondary N) is 1. The Morgan fingerprint density at radius 2 is 2.08 bits per heavy atom. The number of ether oxygens (including phenoxy) is 1. The van der Waals surface area contributed by atoms with Crippen molar-refractivity contribution >= 4 is 11.7 Å². The molecule has 6 heteroatoms. The SMILES string of the molecule is CCCOC1CCCN(C(=O)Nc2ccc(-n3nc(C)cc3C)cc2)C1. The van der Waals surface area contributed by atoms with Crippen LogP contribution in [0.3, 0.4) is 0 Å². The standard InChI is InChI=1S/C20H28N4O2/c1-4-12-26-19-6-5-11-23(14-19)20(25)21-17-7-9-18(10-8-17)24-16(3)13-15(2)22-24/h7-10,13,19H,4-6,11-12,14H2,1-3H3,(H,21,25). The van der Waals surface area contributed by atoms with Gasteiger partial charge in [-0.3, -0.25) is 0 Å². The maximum Gasteiger partial charge on any atom is 0.321 e. The minimum atomic E-state index is -0.0614. The Kier molecular flexibility index (Phi) is 5.93. The predicted octanol–water partition coefficient (Wildman–Crippen LogP) is 3.91. The van der Waals surface area contributed by atoms with Gasteiger partial charge >= 0.3 is 6.03 Å². The molecule has 26 heavy (non-hydrogen) atoms. The van der Waals surface area contributed by atoms with Gasteiger partial charge in [-0.1, -0.05) is 6.92 Å². The number of carbonyl (C=O) groups is 1. The monoisotopic (exact) mass is 356 g/mol. The second-order valence-corrected chi connectivity index (χ2v) is 6.90. The van der Waals surface area contributed by atoms with Gasteiger partial charge in [-0.15, -0.1) is 0 Å². The molecule has 0 spiro atoms. The zero-order chi connectivity index (χ0) is 18.5. The van der Waals surface area contributed by atoms with Crippen molar-refractivity contribution in [3.63, 3.8) is 0 Å². The summed E-state index contributed by atoms with van der Waals surface area (Å²) in [4.78, 5) is 14.4. The van der Waals surface area contributed by atoms with Crippen LogP contribution in [0.2, 0.25) is 0 Å². The van der Waals surface area contributed by atoms with Crippen LogP contribution in [0, 0.1) is 13.8 Å². The summed E-state index contributed by atoms with van der Waals surface area (Å²) in [6, 6.07) is 9.76. The molecule has 2 aromatic rings. The molecule has 2 amide bonds. The third-order valence-corrected chi connectivity index (χ3v) is 4.60. The van der Waals surface area contributed by atoms with Crippen LogP contribution in [-0.4, -0.2) is 46.5 Å². The van der Waals surface area contributed by atoms with Gasteiger partial charge in [0.15, 0.2) is 0 Å². The third-order valence-electron chi connectivity index (χ3n) is 4.60. The van der Waals surface area contributed by atoms with Crippen LogP contribution < -0.4 is 5.32 Å². The Morgan fingerprint density at radius 1 is 1.31 bits per heavy atom. The van der Waals surface area contributed by atoms with E-state index >= 15 is 0 Å². The Hall–Kier alpha value is -2.34. The lowest BCUT2D eigenvalue weighted by molar-refractivity contribution is 0.0115. The molecule has 1 fully saturated rings. The van der Waals surface area contributed by atoms with Crippen molar-refractivity contribution in [3.05, 3.63) is 41.7 Å². The van der Waals surface area contributed by atoms with Gasteiger partial charge in [0.05, 0.1) is 17.5 Å². The molecule has 1 aromatic carbocycles. The molecule has 1 aliphatic rings. The number of piperidine rings is 1. The number of rotatable bonds is 5. The fourth-order valence-corrected chi connectivity index (χ4v) is 3.32. The van der Waals surface area contributed by atoms with Gasteiger partial charge in [-0.05, 0) is 63.4 Å². The summed E-state index contributed by atoms with van der Waals surface area (Å²) in [6.45, 7) is 8.31. The lowest BCUT2D eigenvalue weighted by atomic mass is 10.1. The van der Waals surface area contributed by atoms with Gasteiger partial charge < -0.3 is 15.0 Å². The molecule has 3 rings (SSSR count). The molecule has 1 N–H and O–H groups in total. The van der Waals surface area contributed by atoms with E-state index in [-0.39, 0.29) is 12.1 Å². The fourth-order valence-electron chi connectivity index (χ4n) is 3.32. The Morgan fingerprint density at radius 3 is 2.73 bits per heavy atom. The summed E-state index contributed by atoms with van der Waals surface area (Å²) in [5, 5.41) is 7.47. The zero-order valence-electron chi connectivity index (χ0n) is 15.9. The summed E-state index contributed by atoms with van der Waals surface area (Å²) in [5.74, 6) is 0. The van der Waals surface area contributed by atoms with E-state index in [1.807, 2.05) is 53.8 Å². The van der Waals surface area contributed by atoms with Crippen molar-refractivity contribution in [1.29, 1.82) is 0 Å². The van der Waals surface area contributed by atoms with Gasteiger partial charge in [-0.2, -0.15) is 5.10 Å². The first kappa shape index (κ1) is 18.5. The molecule has 140 valence electrons. The van der Waals surface area contributed by atoms with Crippen LogP contribution in [0.25, 0.3) is 5.69 Å². The topological polar surface area (TPSA) is 59.4 Å². The number of benzene rings is 1. The number of urea groups is 1. The molecule has 0 aliphatic carbocycles. The van der Waals surface area contributed by atoms with Crippen LogP contribution in [-0.2, 0) is 4.74 Å². The summed E-state index contributed by atoms with van der Waals surface area (Å²) >= 11 is 0. The van der Waals surface area contributed by atoms with E-state index in [4.69, 9.17) is 4.74 Å². The molecule has 0 saturated carbocycles. The minimum absolute atomic E-state index is 0.0614. The Balaban J connectivity index is 1.60. The number of hydrogen-bond acceptors (Lipinski definition) is 3. The average molecular weight is 356 g/mol. The molecule has 1 saturated heterocycles. The Labute approximate surface area is 155 Å². The summed E-state index contributed by atoms with van der Waals surface area (Å²) in [7, 11) is 0. The maximum absolute atomic E-state index is 12.5. The molecule has 1 unspecified atom stereocenters. The van der Waals surface area contributed by atoms with Gasteiger partial charge in [0, 0.05) is 31.1 Å². The average Bonchev–Trinajstić information content (AvgIpc) is 2.99. The van der Waals surface area contributed by atoms with E-state index < -0.39 is 0 Å². The number of amides is 2. The quantitative estimate of drug-likeness (QED) is 0.883. The molecular formula is C20H28N4O2. The first-order valence-electron chi connectivity index (χ1n) is 9.38. The van der Waals surface area contributed by atoms with Crippen molar-refractivity contribution in [2.45, 2.75) is 46.1 Å². The van der Waals surface area contributed by atoms with Gasteiger partial charge in [0.2, 0.25) is 0 Å². The van der Waals surface area contributed by atoms with Crippen molar-refractivity contribution in [1.82, 2.24) is 14.7 Å². The van der Waals surface area contributed by atoms with Crippen LogP contribution in [0.15, 0.2) is 30.3 Å². The second-order valence-electron chi connectivity index (χ2n) is 6.90. The smallest absolute Gasteiger partial charge is 0.321 e. The molecule has 6 nitrogen and oxygen atoms in total. The van der Waals surface area contributed by atoms with Gasteiger partial charge in [-0.25, -0.2) is 9.48 Å². The molecule has 1 aromatic heterocycles. The molecular weight excluding hydrogens is 328 g/mol. The normalized spacial score (nSPS) is 17.3. The fraction of sp³-hybridized carbons (Fsp3) is 0.500. The number of carbonyl (C=O) groups excluding carboxylic acids is 1. The number of aryl methyl sites for hydroxylation is 2. The highest BCUT2D eigenvalue weighted by atomic mass is 16.5. The van der Waals surface area contributed by atoms with Crippen molar-refractivity contribution in [2.24, 2.45) is 0 Å². The molecule has 1 aliphatic heterocycles.